The number of ether oxygens (including phenoxy) is 1. The fraction of sp³-hybridized carbons (Fsp3) is 1.00. The molecule has 0 radical (unpaired) electrons. The van der Waals surface area contributed by atoms with Crippen molar-refractivity contribution in [2.24, 2.45) is 0 Å². The van der Waals surface area contributed by atoms with E-state index in [2.05, 4.69) is 19.6 Å². The van der Waals surface area contributed by atoms with E-state index in [9.17, 15) is 0 Å². The zero-order valence-electron chi connectivity index (χ0n) is 6.42. The van der Waals surface area contributed by atoms with Crippen LogP contribution < -0.4 is 0 Å². The Hall–Kier alpha value is 0.270. The highest BCUT2D eigenvalue weighted by Crippen LogP contribution is 1.99. The molecular formula is C7H16O2S. The first kappa shape index (κ1) is 10.3. The largest absolute Gasteiger partial charge is 0.393 e. The standard InChI is InChI=1S/C7H16O2S/c1-2-3-4-5-9-7(10)6-8/h7-8,10H,2-6H2,1H3. The van der Waals surface area contributed by atoms with Crippen LogP contribution in [0.3, 0.4) is 0 Å². The molecule has 1 N–H and O–H groups in total. The number of hydrogen-bond donors (Lipinski definition) is 2. The zero-order chi connectivity index (χ0) is 7.82. The molecule has 0 aliphatic heterocycles. The summed E-state index contributed by atoms with van der Waals surface area (Å²) in [4.78, 5) is 0. The molecule has 62 valence electrons. The summed E-state index contributed by atoms with van der Waals surface area (Å²) >= 11 is 3.96. The number of aliphatic hydroxyl groups excluding tert-OH is 1. The van der Waals surface area contributed by atoms with Crippen LogP contribution in [0.15, 0.2) is 0 Å². The Morgan fingerprint density at radius 2 is 2.20 bits per heavy atom. The van der Waals surface area contributed by atoms with Crippen molar-refractivity contribution in [3.05, 3.63) is 0 Å². The Balaban J connectivity index is 2.89. The van der Waals surface area contributed by atoms with Crippen molar-refractivity contribution in [1.29, 1.82) is 0 Å². The van der Waals surface area contributed by atoms with Crippen molar-refractivity contribution in [2.75, 3.05) is 13.2 Å². The van der Waals surface area contributed by atoms with E-state index in [1.165, 1.54) is 12.8 Å². The molecule has 0 bridgehead atoms. The number of rotatable bonds is 6. The number of thiol groups is 1. The summed E-state index contributed by atoms with van der Waals surface area (Å²) in [5, 5.41) is 8.49. The maximum atomic E-state index is 8.49. The van der Waals surface area contributed by atoms with Gasteiger partial charge in [-0.15, -0.1) is 12.6 Å². The lowest BCUT2D eigenvalue weighted by atomic mass is 10.3. The van der Waals surface area contributed by atoms with Gasteiger partial charge in [-0.1, -0.05) is 19.8 Å². The molecule has 0 aromatic heterocycles. The van der Waals surface area contributed by atoms with Gasteiger partial charge in [-0.2, -0.15) is 0 Å². The molecule has 1 atom stereocenters. The Bertz CT molecular complexity index is 68.6. The summed E-state index contributed by atoms with van der Waals surface area (Å²) in [5.74, 6) is 0. The van der Waals surface area contributed by atoms with Crippen LogP contribution in [0.2, 0.25) is 0 Å². The fourth-order valence-corrected chi connectivity index (χ4v) is 0.730. The Kier molecular flexibility index (Phi) is 7.58. The first-order valence-electron chi connectivity index (χ1n) is 3.71. The Labute approximate surface area is 68.0 Å². The highest BCUT2D eigenvalue weighted by Gasteiger charge is 1.97. The molecule has 0 saturated heterocycles. The van der Waals surface area contributed by atoms with E-state index in [4.69, 9.17) is 9.84 Å². The molecule has 0 aromatic rings. The predicted octanol–water partition coefficient (Wildman–Crippen LogP) is 1.44. The highest BCUT2D eigenvalue weighted by atomic mass is 32.1. The van der Waals surface area contributed by atoms with Gasteiger partial charge in [-0.05, 0) is 6.42 Å². The summed E-state index contributed by atoms with van der Waals surface area (Å²) in [6.45, 7) is 2.85. The number of aliphatic hydroxyl groups is 1. The maximum Gasteiger partial charge on any atom is 0.123 e. The molecule has 0 heterocycles. The molecular weight excluding hydrogens is 148 g/mol. The van der Waals surface area contributed by atoms with Gasteiger partial charge in [0.25, 0.3) is 0 Å². The van der Waals surface area contributed by atoms with Gasteiger partial charge in [0.05, 0.1) is 6.61 Å². The molecule has 0 aromatic carbocycles. The molecule has 0 spiro atoms. The molecule has 1 unspecified atom stereocenters. The van der Waals surface area contributed by atoms with Crippen molar-refractivity contribution in [1.82, 2.24) is 0 Å². The lowest BCUT2D eigenvalue weighted by Gasteiger charge is -2.07. The summed E-state index contributed by atoms with van der Waals surface area (Å²) in [6, 6.07) is 0. The van der Waals surface area contributed by atoms with Gasteiger partial charge < -0.3 is 9.84 Å². The van der Waals surface area contributed by atoms with Crippen molar-refractivity contribution in [2.45, 2.75) is 31.6 Å². The van der Waals surface area contributed by atoms with E-state index in [1.807, 2.05) is 0 Å². The molecule has 0 aliphatic rings. The molecule has 0 saturated carbocycles. The van der Waals surface area contributed by atoms with Crippen molar-refractivity contribution in [3.63, 3.8) is 0 Å². The third-order valence-corrected chi connectivity index (χ3v) is 1.53. The summed E-state index contributed by atoms with van der Waals surface area (Å²) < 4.78 is 5.11. The van der Waals surface area contributed by atoms with Crippen LogP contribution >= 0.6 is 12.6 Å². The first-order chi connectivity index (χ1) is 4.81. The van der Waals surface area contributed by atoms with Gasteiger partial charge in [-0.3, -0.25) is 0 Å². The van der Waals surface area contributed by atoms with Crippen LogP contribution in [0.5, 0.6) is 0 Å². The second kappa shape index (κ2) is 7.38. The van der Waals surface area contributed by atoms with Crippen LogP contribution in [0.4, 0.5) is 0 Å². The molecule has 0 amide bonds. The lowest BCUT2D eigenvalue weighted by molar-refractivity contribution is 0.0677. The van der Waals surface area contributed by atoms with E-state index >= 15 is 0 Å². The Morgan fingerprint density at radius 3 is 2.70 bits per heavy atom. The van der Waals surface area contributed by atoms with Crippen LogP contribution in [-0.2, 0) is 4.74 Å². The molecule has 0 fully saturated rings. The van der Waals surface area contributed by atoms with Crippen molar-refractivity contribution in [3.8, 4) is 0 Å². The van der Waals surface area contributed by atoms with E-state index in [1.54, 1.807) is 0 Å². The van der Waals surface area contributed by atoms with Gasteiger partial charge in [0.1, 0.15) is 5.44 Å². The van der Waals surface area contributed by atoms with Gasteiger partial charge in [-0.25, -0.2) is 0 Å². The van der Waals surface area contributed by atoms with E-state index < -0.39 is 0 Å². The number of hydrogen-bond acceptors (Lipinski definition) is 3. The van der Waals surface area contributed by atoms with Gasteiger partial charge in [0, 0.05) is 6.61 Å². The SMILES string of the molecule is CCCCCOC(S)CO. The maximum absolute atomic E-state index is 8.49. The third kappa shape index (κ3) is 6.39. The normalized spacial score (nSPS) is 13.5. The average Bonchev–Trinajstić information content (AvgIpc) is 1.98. The topological polar surface area (TPSA) is 29.5 Å². The van der Waals surface area contributed by atoms with Crippen LogP contribution in [0.25, 0.3) is 0 Å². The summed E-state index contributed by atoms with van der Waals surface area (Å²) in [6.07, 6.45) is 3.44. The van der Waals surface area contributed by atoms with E-state index in [0.717, 1.165) is 6.42 Å². The van der Waals surface area contributed by atoms with Crippen LogP contribution in [-0.4, -0.2) is 23.8 Å². The van der Waals surface area contributed by atoms with Crippen molar-refractivity contribution < 1.29 is 9.84 Å². The summed E-state index contributed by atoms with van der Waals surface area (Å²) in [7, 11) is 0. The Morgan fingerprint density at radius 1 is 1.50 bits per heavy atom. The van der Waals surface area contributed by atoms with Crippen LogP contribution in [0, 0.1) is 0 Å². The highest BCUT2D eigenvalue weighted by molar-refractivity contribution is 7.80. The molecule has 0 rings (SSSR count). The predicted molar refractivity (Wildman–Crippen MR) is 45.3 cm³/mol. The van der Waals surface area contributed by atoms with E-state index in [-0.39, 0.29) is 12.0 Å². The summed E-state index contributed by atoms with van der Waals surface area (Å²) in [5.41, 5.74) is -0.295. The monoisotopic (exact) mass is 164 g/mol. The van der Waals surface area contributed by atoms with Gasteiger partial charge in [0.2, 0.25) is 0 Å². The lowest BCUT2D eigenvalue weighted by Crippen LogP contribution is -2.10. The number of unbranched alkanes of at least 4 members (excludes halogenated alkanes) is 2. The quantitative estimate of drug-likeness (QED) is 0.353. The third-order valence-electron chi connectivity index (χ3n) is 1.21. The molecule has 0 aliphatic carbocycles. The van der Waals surface area contributed by atoms with E-state index in [0.29, 0.717) is 6.61 Å². The van der Waals surface area contributed by atoms with Crippen molar-refractivity contribution >= 4 is 12.6 Å². The molecule has 10 heavy (non-hydrogen) atoms. The minimum Gasteiger partial charge on any atom is -0.393 e. The zero-order valence-corrected chi connectivity index (χ0v) is 7.31. The fourth-order valence-electron chi connectivity index (χ4n) is 0.624. The minimum atomic E-state index is -0.295. The van der Waals surface area contributed by atoms with Crippen LogP contribution in [0.1, 0.15) is 26.2 Å². The second-order valence-electron chi connectivity index (χ2n) is 2.22. The first-order valence-corrected chi connectivity index (χ1v) is 4.23. The smallest absolute Gasteiger partial charge is 0.123 e. The van der Waals surface area contributed by atoms with Gasteiger partial charge in [0.15, 0.2) is 0 Å². The second-order valence-corrected chi connectivity index (χ2v) is 2.79. The molecule has 2 nitrogen and oxygen atoms in total. The van der Waals surface area contributed by atoms with Gasteiger partial charge >= 0.3 is 0 Å². The average molecular weight is 164 g/mol. The minimum absolute atomic E-state index is 0.00473. The molecule has 3 heteroatoms.